The molecule has 3 heterocycles. The molecule has 2 aliphatic rings. The van der Waals surface area contributed by atoms with Gasteiger partial charge in [0.1, 0.15) is 18.3 Å². The van der Waals surface area contributed by atoms with E-state index in [4.69, 9.17) is 4.74 Å². The number of anilines is 1. The molecule has 2 saturated heterocycles. The average Bonchev–Trinajstić information content (AvgIpc) is 3.12. The van der Waals surface area contributed by atoms with Gasteiger partial charge in [0.15, 0.2) is 0 Å². The number of nitrogens with zero attached hydrogens (tertiary/aromatic N) is 4. The number of aromatic nitrogens is 2. The van der Waals surface area contributed by atoms with Gasteiger partial charge in [0.25, 0.3) is 0 Å². The summed E-state index contributed by atoms with van der Waals surface area (Å²) < 4.78 is 18.9. The quantitative estimate of drug-likeness (QED) is 0.735. The van der Waals surface area contributed by atoms with Crippen LogP contribution >= 0.6 is 0 Å². The van der Waals surface area contributed by atoms with Gasteiger partial charge >= 0.3 is 5.97 Å². The van der Waals surface area contributed by atoms with Crippen molar-refractivity contribution in [2.45, 2.75) is 31.5 Å². The standard InChI is InChI=1S/C16H23FN4O2/c1-20(6-3-12-4-7-23-16(12)22)10-14-8-13(17)9-21(14)15-2-5-18-11-19-15/h2,5,11-14H,3-4,6-10H2,1H3/t12-,13-,14-/m0/s1. The molecule has 0 amide bonds. The van der Waals surface area contributed by atoms with Gasteiger partial charge in [0, 0.05) is 25.2 Å². The number of carbonyl (C=O) groups is 1. The summed E-state index contributed by atoms with van der Waals surface area (Å²) in [4.78, 5) is 23.8. The molecule has 0 bridgehead atoms. The van der Waals surface area contributed by atoms with E-state index in [1.54, 1.807) is 6.20 Å². The molecule has 0 saturated carbocycles. The number of rotatable bonds is 6. The van der Waals surface area contributed by atoms with Crippen LogP contribution in [0.5, 0.6) is 0 Å². The first-order chi connectivity index (χ1) is 11.1. The number of esters is 1. The van der Waals surface area contributed by atoms with Crippen LogP contribution in [0, 0.1) is 5.92 Å². The van der Waals surface area contributed by atoms with E-state index in [2.05, 4.69) is 14.9 Å². The molecule has 126 valence electrons. The number of hydrogen-bond donors (Lipinski definition) is 0. The van der Waals surface area contributed by atoms with Gasteiger partial charge in [0.05, 0.1) is 19.1 Å². The number of alkyl halides is 1. The van der Waals surface area contributed by atoms with Gasteiger partial charge in [0.2, 0.25) is 0 Å². The minimum atomic E-state index is -0.826. The number of ether oxygens (including phenoxy) is 1. The van der Waals surface area contributed by atoms with Gasteiger partial charge in [-0.15, -0.1) is 0 Å². The summed E-state index contributed by atoms with van der Waals surface area (Å²) in [5.74, 6) is 0.719. The summed E-state index contributed by atoms with van der Waals surface area (Å²) in [5, 5.41) is 0. The van der Waals surface area contributed by atoms with Crippen molar-refractivity contribution in [2.24, 2.45) is 5.92 Å². The SMILES string of the molecule is CN(CC[C@H]1CCOC1=O)C[C@@H]1C[C@H](F)CN1c1ccncn1. The second-order valence-corrected chi connectivity index (χ2v) is 6.41. The molecule has 3 atom stereocenters. The topological polar surface area (TPSA) is 58.6 Å². The molecule has 2 fully saturated rings. The van der Waals surface area contributed by atoms with Crippen molar-refractivity contribution in [1.82, 2.24) is 14.9 Å². The van der Waals surface area contributed by atoms with Crippen LogP contribution in [0.15, 0.2) is 18.6 Å². The molecule has 0 aromatic carbocycles. The van der Waals surface area contributed by atoms with Crippen LogP contribution in [-0.4, -0.2) is 66.3 Å². The number of carbonyl (C=O) groups excluding carboxylic acids is 1. The third kappa shape index (κ3) is 3.96. The zero-order valence-corrected chi connectivity index (χ0v) is 13.4. The smallest absolute Gasteiger partial charge is 0.309 e. The molecule has 0 aliphatic carbocycles. The molecular weight excluding hydrogens is 299 g/mol. The number of cyclic esters (lactones) is 1. The highest BCUT2D eigenvalue weighted by atomic mass is 19.1. The molecule has 2 aliphatic heterocycles. The molecule has 0 N–H and O–H groups in total. The first-order valence-corrected chi connectivity index (χ1v) is 8.15. The Morgan fingerprint density at radius 2 is 2.39 bits per heavy atom. The Bertz CT molecular complexity index is 530. The Balaban J connectivity index is 1.54. The largest absolute Gasteiger partial charge is 0.465 e. The van der Waals surface area contributed by atoms with Crippen molar-refractivity contribution in [3.05, 3.63) is 18.6 Å². The predicted octanol–water partition coefficient (Wildman–Crippen LogP) is 1.28. The Morgan fingerprint density at radius 3 is 3.09 bits per heavy atom. The zero-order valence-electron chi connectivity index (χ0n) is 13.4. The van der Waals surface area contributed by atoms with Gasteiger partial charge in [-0.2, -0.15) is 0 Å². The molecule has 0 spiro atoms. The predicted molar refractivity (Wildman–Crippen MR) is 83.9 cm³/mol. The molecule has 7 heteroatoms. The minimum absolute atomic E-state index is 0.0212. The third-order valence-corrected chi connectivity index (χ3v) is 4.65. The summed E-state index contributed by atoms with van der Waals surface area (Å²) in [6, 6.07) is 1.92. The van der Waals surface area contributed by atoms with Gasteiger partial charge < -0.3 is 14.5 Å². The normalized spacial score (nSPS) is 27.7. The van der Waals surface area contributed by atoms with E-state index in [0.717, 1.165) is 31.7 Å². The lowest BCUT2D eigenvalue weighted by atomic mass is 10.0. The highest BCUT2D eigenvalue weighted by Crippen LogP contribution is 2.26. The van der Waals surface area contributed by atoms with Gasteiger partial charge in [-0.1, -0.05) is 0 Å². The van der Waals surface area contributed by atoms with E-state index in [0.29, 0.717) is 19.6 Å². The van der Waals surface area contributed by atoms with E-state index >= 15 is 0 Å². The molecule has 1 aromatic heterocycles. The summed E-state index contributed by atoms with van der Waals surface area (Å²) in [6.07, 6.45) is 4.48. The first kappa shape index (κ1) is 16.1. The van der Waals surface area contributed by atoms with Crippen LogP contribution in [0.4, 0.5) is 10.2 Å². The number of likely N-dealkylation sites (N-methyl/N-ethyl adjacent to an activating group) is 1. The molecular formula is C16H23FN4O2. The maximum Gasteiger partial charge on any atom is 0.309 e. The van der Waals surface area contributed by atoms with Crippen molar-refractivity contribution < 1.29 is 13.9 Å². The third-order valence-electron chi connectivity index (χ3n) is 4.65. The highest BCUT2D eigenvalue weighted by Gasteiger charge is 2.34. The van der Waals surface area contributed by atoms with Crippen LogP contribution in [0.25, 0.3) is 0 Å². The van der Waals surface area contributed by atoms with Gasteiger partial charge in [-0.25, -0.2) is 14.4 Å². The highest BCUT2D eigenvalue weighted by molar-refractivity contribution is 5.74. The fourth-order valence-corrected chi connectivity index (χ4v) is 3.39. The van der Waals surface area contributed by atoms with Crippen LogP contribution < -0.4 is 4.90 Å². The lowest BCUT2D eigenvalue weighted by molar-refractivity contribution is -0.141. The van der Waals surface area contributed by atoms with E-state index in [1.165, 1.54) is 6.33 Å². The summed E-state index contributed by atoms with van der Waals surface area (Å²) in [6.45, 7) is 2.49. The summed E-state index contributed by atoms with van der Waals surface area (Å²) in [5.41, 5.74) is 0. The van der Waals surface area contributed by atoms with E-state index in [9.17, 15) is 9.18 Å². The fraction of sp³-hybridized carbons (Fsp3) is 0.688. The monoisotopic (exact) mass is 322 g/mol. The number of halogens is 1. The second kappa shape index (κ2) is 7.21. The Labute approximate surface area is 135 Å². The van der Waals surface area contributed by atoms with Gasteiger partial charge in [-0.05, 0) is 32.5 Å². The molecule has 0 radical (unpaired) electrons. The molecule has 1 aromatic rings. The zero-order chi connectivity index (χ0) is 16.2. The maximum absolute atomic E-state index is 13.9. The van der Waals surface area contributed by atoms with Gasteiger partial charge in [-0.3, -0.25) is 4.79 Å². The van der Waals surface area contributed by atoms with Crippen molar-refractivity contribution in [2.75, 3.05) is 38.2 Å². The lowest BCUT2D eigenvalue weighted by Gasteiger charge is -2.29. The summed E-state index contributed by atoms with van der Waals surface area (Å²) in [7, 11) is 2.02. The Kier molecular flexibility index (Phi) is 5.05. The molecule has 6 nitrogen and oxygen atoms in total. The Hall–Kier alpha value is -1.76. The van der Waals surface area contributed by atoms with Crippen LogP contribution in [0.2, 0.25) is 0 Å². The molecule has 0 unspecified atom stereocenters. The summed E-state index contributed by atoms with van der Waals surface area (Å²) >= 11 is 0. The minimum Gasteiger partial charge on any atom is -0.465 e. The van der Waals surface area contributed by atoms with Crippen LogP contribution in [0.1, 0.15) is 19.3 Å². The van der Waals surface area contributed by atoms with Crippen LogP contribution in [0.3, 0.4) is 0 Å². The van der Waals surface area contributed by atoms with Crippen molar-refractivity contribution >= 4 is 11.8 Å². The lowest BCUT2D eigenvalue weighted by Crippen LogP contribution is -2.40. The number of hydrogen-bond acceptors (Lipinski definition) is 6. The molecule has 23 heavy (non-hydrogen) atoms. The van der Waals surface area contributed by atoms with Crippen LogP contribution in [-0.2, 0) is 9.53 Å². The second-order valence-electron chi connectivity index (χ2n) is 6.41. The van der Waals surface area contributed by atoms with Crippen molar-refractivity contribution in [3.63, 3.8) is 0 Å². The maximum atomic E-state index is 13.9. The van der Waals surface area contributed by atoms with E-state index in [-0.39, 0.29) is 17.9 Å². The average molecular weight is 322 g/mol. The first-order valence-electron chi connectivity index (χ1n) is 8.15. The Morgan fingerprint density at radius 1 is 1.52 bits per heavy atom. The molecule has 3 rings (SSSR count). The van der Waals surface area contributed by atoms with E-state index in [1.807, 2.05) is 18.0 Å². The van der Waals surface area contributed by atoms with Crippen molar-refractivity contribution in [3.8, 4) is 0 Å². The van der Waals surface area contributed by atoms with Crippen molar-refractivity contribution in [1.29, 1.82) is 0 Å². The van der Waals surface area contributed by atoms with E-state index < -0.39 is 6.17 Å². The fourth-order valence-electron chi connectivity index (χ4n) is 3.39.